The molecule has 0 aliphatic heterocycles. The van der Waals surface area contributed by atoms with Crippen LogP contribution in [0.1, 0.15) is 32.6 Å². The summed E-state index contributed by atoms with van der Waals surface area (Å²) in [5, 5.41) is 0. The summed E-state index contributed by atoms with van der Waals surface area (Å²) in [5.41, 5.74) is 0. The molecule has 1 aromatic rings. The van der Waals surface area contributed by atoms with Gasteiger partial charge < -0.3 is 9.47 Å². The van der Waals surface area contributed by atoms with E-state index in [0.29, 0.717) is 11.5 Å². The van der Waals surface area contributed by atoms with Gasteiger partial charge in [0, 0.05) is 0 Å². The van der Waals surface area contributed by atoms with E-state index in [1.165, 1.54) is 0 Å². The Morgan fingerprint density at radius 2 is 1.74 bits per heavy atom. The number of terminal acetylenes is 1. The lowest BCUT2D eigenvalue weighted by Crippen LogP contribution is -2.24. The number of rotatable bonds is 3. The van der Waals surface area contributed by atoms with Crippen LogP contribution < -0.4 is 9.47 Å². The minimum absolute atomic E-state index is 0.0397. The number of benzene rings is 1. The van der Waals surface area contributed by atoms with Crippen LogP contribution in [0.5, 0.6) is 11.5 Å². The molecule has 19 heavy (non-hydrogen) atoms. The number of carbonyl (C=O) groups excluding carboxylic acids is 1. The van der Waals surface area contributed by atoms with Gasteiger partial charge in [-0.05, 0) is 55.9 Å². The SMILES string of the molecule is C#COc1ccc(OC(=O)C2CCC(C)CC2)cc1. The largest absolute Gasteiger partial charge is 0.426 e. The Bertz CT molecular complexity index is 462. The van der Waals surface area contributed by atoms with Crippen LogP contribution in [0.3, 0.4) is 0 Å². The van der Waals surface area contributed by atoms with Gasteiger partial charge in [0.05, 0.1) is 5.92 Å². The highest BCUT2D eigenvalue weighted by molar-refractivity contribution is 5.75. The first-order chi connectivity index (χ1) is 9.19. The van der Waals surface area contributed by atoms with Gasteiger partial charge >= 0.3 is 5.97 Å². The zero-order valence-corrected chi connectivity index (χ0v) is 11.1. The third kappa shape index (κ3) is 3.75. The Labute approximate surface area is 113 Å². The average molecular weight is 258 g/mol. The normalized spacial score (nSPS) is 22.3. The predicted octanol–water partition coefficient (Wildman–Crippen LogP) is 3.39. The summed E-state index contributed by atoms with van der Waals surface area (Å²) >= 11 is 0. The lowest BCUT2D eigenvalue weighted by Gasteiger charge is -2.24. The van der Waals surface area contributed by atoms with E-state index in [1.807, 2.05) is 0 Å². The Hall–Kier alpha value is -1.95. The van der Waals surface area contributed by atoms with E-state index in [0.717, 1.165) is 31.6 Å². The smallest absolute Gasteiger partial charge is 0.314 e. The lowest BCUT2D eigenvalue weighted by atomic mass is 9.83. The van der Waals surface area contributed by atoms with Crippen molar-refractivity contribution in [1.29, 1.82) is 0 Å². The molecule has 0 atom stereocenters. The zero-order chi connectivity index (χ0) is 13.7. The molecule has 0 N–H and O–H groups in total. The minimum atomic E-state index is -0.127. The molecule has 2 rings (SSSR count). The predicted molar refractivity (Wildman–Crippen MR) is 72.7 cm³/mol. The average Bonchev–Trinajstić information content (AvgIpc) is 2.42. The fourth-order valence-electron chi connectivity index (χ4n) is 2.34. The van der Waals surface area contributed by atoms with Crippen molar-refractivity contribution >= 4 is 5.97 Å². The fourth-order valence-corrected chi connectivity index (χ4v) is 2.34. The van der Waals surface area contributed by atoms with Crippen LogP contribution in [-0.2, 0) is 4.79 Å². The summed E-state index contributed by atoms with van der Waals surface area (Å²) in [4.78, 5) is 12.0. The number of ether oxygens (including phenoxy) is 2. The van der Waals surface area contributed by atoms with Gasteiger partial charge in [-0.2, -0.15) is 0 Å². The Morgan fingerprint density at radius 1 is 1.16 bits per heavy atom. The molecule has 3 nitrogen and oxygen atoms in total. The summed E-state index contributed by atoms with van der Waals surface area (Å²) < 4.78 is 10.3. The third-order valence-electron chi connectivity index (χ3n) is 3.57. The first-order valence-corrected chi connectivity index (χ1v) is 6.63. The van der Waals surface area contributed by atoms with E-state index in [9.17, 15) is 4.79 Å². The molecular weight excluding hydrogens is 240 g/mol. The second-order valence-corrected chi connectivity index (χ2v) is 5.07. The fraction of sp³-hybridized carbons (Fsp3) is 0.438. The van der Waals surface area contributed by atoms with E-state index in [2.05, 4.69) is 13.0 Å². The molecule has 0 bridgehead atoms. The van der Waals surface area contributed by atoms with Gasteiger partial charge in [0.25, 0.3) is 0 Å². The summed E-state index contributed by atoms with van der Waals surface area (Å²) in [7, 11) is 0. The van der Waals surface area contributed by atoms with Crippen molar-refractivity contribution in [1.82, 2.24) is 0 Å². The van der Waals surface area contributed by atoms with Gasteiger partial charge in [0.15, 0.2) is 0 Å². The van der Waals surface area contributed by atoms with Gasteiger partial charge in [-0.15, -0.1) is 0 Å². The van der Waals surface area contributed by atoms with Gasteiger partial charge in [0.2, 0.25) is 0 Å². The highest BCUT2D eigenvalue weighted by Gasteiger charge is 2.25. The van der Waals surface area contributed by atoms with Gasteiger partial charge in [-0.25, -0.2) is 0 Å². The zero-order valence-electron chi connectivity index (χ0n) is 11.1. The monoisotopic (exact) mass is 258 g/mol. The molecule has 3 heteroatoms. The maximum Gasteiger partial charge on any atom is 0.314 e. The third-order valence-corrected chi connectivity index (χ3v) is 3.57. The van der Waals surface area contributed by atoms with Crippen LogP contribution in [0, 0.1) is 24.4 Å². The van der Waals surface area contributed by atoms with Crippen molar-refractivity contribution in [3.05, 3.63) is 24.3 Å². The van der Waals surface area contributed by atoms with Crippen molar-refractivity contribution < 1.29 is 14.3 Å². The summed E-state index contributed by atoms with van der Waals surface area (Å²) in [5.74, 6) is 1.74. The molecule has 1 fully saturated rings. The molecule has 0 spiro atoms. The highest BCUT2D eigenvalue weighted by Crippen LogP contribution is 2.29. The second kappa shape index (κ2) is 6.29. The van der Waals surface area contributed by atoms with Gasteiger partial charge in [0.1, 0.15) is 17.6 Å². The van der Waals surface area contributed by atoms with Crippen molar-refractivity contribution in [2.45, 2.75) is 32.6 Å². The molecule has 1 aliphatic carbocycles. The van der Waals surface area contributed by atoms with Crippen molar-refractivity contribution in [2.24, 2.45) is 11.8 Å². The first-order valence-electron chi connectivity index (χ1n) is 6.63. The highest BCUT2D eigenvalue weighted by atomic mass is 16.5. The summed E-state index contributed by atoms with van der Waals surface area (Å²) in [6.45, 7) is 2.23. The van der Waals surface area contributed by atoms with Gasteiger partial charge in [-0.1, -0.05) is 13.3 Å². The van der Waals surface area contributed by atoms with Crippen LogP contribution in [0.2, 0.25) is 0 Å². The Morgan fingerprint density at radius 3 is 2.32 bits per heavy atom. The molecule has 0 unspecified atom stereocenters. The maximum atomic E-state index is 12.0. The molecule has 0 amide bonds. The number of carbonyl (C=O) groups is 1. The van der Waals surface area contributed by atoms with E-state index in [-0.39, 0.29) is 11.9 Å². The van der Waals surface area contributed by atoms with Crippen LogP contribution >= 0.6 is 0 Å². The Kier molecular flexibility index (Phi) is 4.46. The van der Waals surface area contributed by atoms with Crippen LogP contribution in [0.4, 0.5) is 0 Å². The molecule has 100 valence electrons. The molecular formula is C16H18O3. The molecule has 1 aromatic carbocycles. The molecule has 1 aliphatic rings. The van der Waals surface area contributed by atoms with E-state index in [1.54, 1.807) is 24.3 Å². The first kappa shape index (κ1) is 13.5. The van der Waals surface area contributed by atoms with Gasteiger partial charge in [-0.3, -0.25) is 4.79 Å². The molecule has 1 saturated carbocycles. The maximum absolute atomic E-state index is 12.0. The number of hydrogen-bond donors (Lipinski definition) is 0. The second-order valence-electron chi connectivity index (χ2n) is 5.07. The standard InChI is InChI=1S/C16H18O3/c1-3-18-14-8-10-15(11-9-14)19-16(17)13-6-4-12(2)5-7-13/h1,8-13H,4-7H2,2H3. The number of hydrogen-bond acceptors (Lipinski definition) is 3. The van der Waals surface area contributed by atoms with E-state index < -0.39 is 0 Å². The minimum Gasteiger partial charge on any atom is -0.426 e. The Balaban J connectivity index is 1.90. The molecule has 0 saturated heterocycles. The topological polar surface area (TPSA) is 35.5 Å². The van der Waals surface area contributed by atoms with Crippen molar-refractivity contribution in [3.8, 4) is 24.0 Å². The van der Waals surface area contributed by atoms with Crippen LogP contribution in [-0.4, -0.2) is 5.97 Å². The van der Waals surface area contributed by atoms with E-state index >= 15 is 0 Å². The lowest BCUT2D eigenvalue weighted by molar-refractivity contribution is -0.140. The molecule has 0 radical (unpaired) electrons. The molecule has 0 heterocycles. The van der Waals surface area contributed by atoms with Crippen molar-refractivity contribution in [3.63, 3.8) is 0 Å². The summed E-state index contributed by atoms with van der Waals surface area (Å²) in [6.07, 6.45) is 11.2. The molecule has 0 aromatic heterocycles. The summed E-state index contributed by atoms with van der Waals surface area (Å²) in [6, 6.07) is 6.75. The van der Waals surface area contributed by atoms with Crippen LogP contribution in [0.15, 0.2) is 24.3 Å². The van der Waals surface area contributed by atoms with E-state index in [4.69, 9.17) is 15.9 Å². The van der Waals surface area contributed by atoms with Crippen LogP contribution in [0.25, 0.3) is 0 Å². The number of esters is 1. The quantitative estimate of drug-likeness (QED) is 0.473. The van der Waals surface area contributed by atoms with Crippen molar-refractivity contribution in [2.75, 3.05) is 0 Å².